The number of benzene rings is 1. The molecule has 0 atom stereocenters. The molecule has 0 aliphatic rings. The largest absolute Gasteiger partial charge is 0.382 e. The Balaban J connectivity index is 2.58. The summed E-state index contributed by atoms with van der Waals surface area (Å²) >= 11 is 0. The van der Waals surface area contributed by atoms with Crippen LogP contribution in [0.2, 0.25) is 0 Å². The minimum absolute atomic E-state index is 0.0819. The molecule has 0 aromatic heterocycles. The third kappa shape index (κ3) is 3.96. The molecule has 0 bridgehead atoms. The molecule has 17 heavy (non-hydrogen) atoms. The van der Waals surface area contributed by atoms with Crippen molar-refractivity contribution in [2.45, 2.75) is 19.1 Å². The fraction of sp³-hybridized carbons (Fsp3) is 0.455. The van der Waals surface area contributed by atoms with E-state index in [9.17, 15) is 17.2 Å². The number of rotatable bonds is 5. The molecule has 0 radical (unpaired) electrons. The molecule has 0 aliphatic heterocycles. The van der Waals surface area contributed by atoms with Crippen molar-refractivity contribution in [1.29, 1.82) is 0 Å². The van der Waals surface area contributed by atoms with E-state index in [0.717, 1.165) is 12.1 Å². The average molecular weight is 263 g/mol. The first kappa shape index (κ1) is 13.9. The van der Waals surface area contributed by atoms with Crippen LogP contribution in [-0.4, -0.2) is 26.0 Å². The molecule has 1 aromatic rings. The molecule has 0 amide bonds. The molecule has 0 unspecified atom stereocenters. The summed E-state index contributed by atoms with van der Waals surface area (Å²) in [6, 6.07) is 3.11. The Bertz CT molecular complexity index is 486. The van der Waals surface area contributed by atoms with Gasteiger partial charge in [-0.05, 0) is 26.0 Å². The predicted molar refractivity (Wildman–Crippen MR) is 63.8 cm³/mol. The van der Waals surface area contributed by atoms with E-state index in [1.54, 1.807) is 13.8 Å². The number of hydrogen-bond acceptors (Lipinski definition) is 3. The Hall–Kier alpha value is -1.17. The summed E-state index contributed by atoms with van der Waals surface area (Å²) in [4.78, 5) is 0. The van der Waals surface area contributed by atoms with Gasteiger partial charge in [-0.3, -0.25) is 0 Å². The molecule has 0 fully saturated rings. The summed E-state index contributed by atoms with van der Waals surface area (Å²) in [5.41, 5.74) is 0.102. The SMILES string of the molecule is CC(C)S(=O)(=O)CCNc1ccc(F)cc1F. The van der Waals surface area contributed by atoms with Gasteiger partial charge in [-0.1, -0.05) is 0 Å². The van der Waals surface area contributed by atoms with Crippen molar-refractivity contribution in [3.8, 4) is 0 Å². The third-order valence-corrected chi connectivity index (χ3v) is 4.56. The van der Waals surface area contributed by atoms with Crippen LogP contribution >= 0.6 is 0 Å². The van der Waals surface area contributed by atoms with Crippen molar-refractivity contribution in [3.05, 3.63) is 29.8 Å². The fourth-order valence-electron chi connectivity index (χ4n) is 1.20. The van der Waals surface area contributed by atoms with E-state index in [1.165, 1.54) is 6.07 Å². The van der Waals surface area contributed by atoms with Gasteiger partial charge in [-0.15, -0.1) is 0 Å². The van der Waals surface area contributed by atoms with Crippen molar-refractivity contribution in [3.63, 3.8) is 0 Å². The van der Waals surface area contributed by atoms with Crippen LogP contribution in [0.3, 0.4) is 0 Å². The first-order valence-corrected chi connectivity index (χ1v) is 6.95. The quantitative estimate of drug-likeness (QED) is 0.886. The maximum absolute atomic E-state index is 13.2. The van der Waals surface area contributed by atoms with Gasteiger partial charge < -0.3 is 5.32 Å². The van der Waals surface area contributed by atoms with Gasteiger partial charge in [0.15, 0.2) is 9.84 Å². The number of hydrogen-bond donors (Lipinski definition) is 1. The van der Waals surface area contributed by atoms with Gasteiger partial charge in [0.1, 0.15) is 11.6 Å². The van der Waals surface area contributed by atoms with Crippen LogP contribution in [0.4, 0.5) is 14.5 Å². The predicted octanol–water partition coefficient (Wildman–Crippen LogP) is 2.20. The van der Waals surface area contributed by atoms with Crippen LogP contribution in [0.15, 0.2) is 18.2 Å². The molecule has 3 nitrogen and oxygen atoms in total. The van der Waals surface area contributed by atoms with Crippen molar-refractivity contribution in [1.82, 2.24) is 0 Å². The van der Waals surface area contributed by atoms with Crippen molar-refractivity contribution < 1.29 is 17.2 Å². The maximum Gasteiger partial charge on any atom is 0.154 e. The first-order valence-electron chi connectivity index (χ1n) is 5.23. The lowest BCUT2D eigenvalue weighted by Crippen LogP contribution is -2.23. The van der Waals surface area contributed by atoms with Crippen LogP contribution in [-0.2, 0) is 9.84 Å². The zero-order chi connectivity index (χ0) is 13.1. The van der Waals surface area contributed by atoms with Crippen LogP contribution in [0.25, 0.3) is 0 Å². The summed E-state index contributed by atoms with van der Waals surface area (Å²) in [6.45, 7) is 3.28. The molecule has 0 saturated heterocycles. The Morgan fingerprint density at radius 3 is 2.47 bits per heavy atom. The third-order valence-electron chi connectivity index (χ3n) is 2.35. The van der Waals surface area contributed by atoms with E-state index in [-0.39, 0.29) is 18.0 Å². The first-order chi connectivity index (χ1) is 7.83. The van der Waals surface area contributed by atoms with Gasteiger partial charge in [0.25, 0.3) is 0 Å². The molecule has 1 N–H and O–H groups in total. The Morgan fingerprint density at radius 2 is 1.94 bits per heavy atom. The number of sulfone groups is 1. The number of halogens is 2. The second-order valence-corrected chi connectivity index (χ2v) is 6.64. The highest BCUT2D eigenvalue weighted by atomic mass is 32.2. The molecule has 0 spiro atoms. The second-order valence-electron chi connectivity index (χ2n) is 3.97. The monoisotopic (exact) mass is 263 g/mol. The van der Waals surface area contributed by atoms with Gasteiger partial charge in [0.05, 0.1) is 16.7 Å². The Morgan fingerprint density at radius 1 is 1.29 bits per heavy atom. The highest BCUT2D eigenvalue weighted by molar-refractivity contribution is 7.92. The van der Waals surface area contributed by atoms with E-state index in [0.29, 0.717) is 0 Å². The summed E-state index contributed by atoms with van der Waals surface area (Å²) in [7, 11) is -3.15. The van der Waals surface area contributed by atoms with E-state index in [4.69, 9.17) is 0 Å². The Labute approximate surface area is 99.8 Å². The van der Waals surface area contributed by atoms with Crippen LogP contribution in [0, 0.1) is 11.6 Å². The van der Waals surface area contributed by atoms with Gasteiger partial charge in [0, 0.05) is 12.6 Å². The van der Waals surface area contributed by atoms with E-state index < -0.39 is 26.7 Å². The van der Waals surface area contributed by atoms with Gasteiger partial charge in [-0.25, -0.2) is 17.2 Å². The number of anilines is 1. The topological polar surface area (TPSA) is 46.2 Å². The zero-order valence-electron chi connectivity index (χ0n) is 9.70. The zero-order valence-corrected chi connectivity index (χ0v) is 10.5. The average Bonchev–Trinajstić information content (AvgIpc) is 2.21. The molecule has 0 aliphatic carbocycles. The summed E-state index contributed by atoms with van der Waals surface area (Å²) in [5.74, 6) is -1.48. The summed E-state index contributed by atoms with van der Waals surface area (Å²) in [6.07, 6.45) is 0. The smallest absolute Gasteiger partial charge is 0.154 e. The van der Waals surface area contributed by atoms with Crippen LogP contribution < -0.4 is 5.32 Å². The molecule has 96 valence electrons. The van der Waals surface area contributed by atoms with Crippen LogP contribution in [0.5, 0.6) is 0 Å². The van der Waals surface area contributed by atoms with Gasteiger partial charge >= 0.3 is 0 Å². The molecule has 1 aromatic carbocycles. The highest BCUT2D eigenvalue weighted by Crippen LogP contribution is 2.14. The van der Waals surface area contributed by atoms with E-state index in [1.807, 2.05) is 0 Å². The minimum atomic E-state index is -3.15. The lowest BCUT2D eigenvalue weighted by molar-refractivity contribution is 0.582. The summed E-state index contributed by atoms with van der Waals surface area (Å²) in [5, 5.41) is 2.17. The molecule has 1 rings (SSSR count). The normalized spacial score (nSPS) is 11.8. The molecular formula is C11H15F2NO2S. The maximum atomic E-state index is 13.2. The highest BCUT2D eigenvalue weighted by Gasteiger charge is 2.15. The summed E-state index contributed by atoms with van der Waals surface area (Å²) < 4.78 is 48.7. The lowest BCUT2D eigenvalue weighted by Gasteiger charge is -2.10. The molecular weight excluding hydrogens is 248 g/mol. The second kappa shape index (κ2) is 5.44. The number of nitrogens with one attached hydrogen (secondary N) is 1. The lowest BCUT2D eigenvalue weighted by atomic mass is 10.3. The fourth-order valence-corrected chi connectivity index (χ4v) is 2.05. The van der Waals surface area contributed by atoms with E-state index in [2.05, 4.69) is 5.32 Å². The van der Waals surface area contributed by atoms with Gasteiger partial charge in [0.2, 0.25) is 0 Å². The molecule has 0 heterocycles. The van der Waals surface area contributed by atoms with Crippen molar-refractivity contribution in [2.24, 2.45) is 0 Å². The minimum Gasteiger partial charge on any atom is -0.382 e. The van der Waals surface area contributed by atoms with Crippen LogP contribution in [0.1, 0.15) is 13.8 Å². The van der Waals surface area contributed by atoms with Crippen molar-refractivity contribution >= 4 is 15.5 Å². The van der Waals surface area contributed by atoms with Crippen molar-refractivity contribution in [2.75, 3.05) is 17.6 Å². The standard InChI is InChI=1S/C11H15F2NO2S/c1-8(2)17(15,16)6-5-14-11-4-3-9(12)7-10(11)13/h3-4,7-8,14H,5-6H2,1-2H3. The molecule has 6 heteroatoms. The van der Waals surface area contributed by atoms with E-state index >= 15 is 0 Å². The Kier molecular flexibility index (Phi) is 4.45. The van der Waals surface area contributed by atoms with Gasteiger partial charge in [-0.2, -0.15) is 0 Å². The molecule has 0 saturated carbocycles.